The van der Waals surface area contributed by atoms with Gasteiger partial charge in [-0.3, -0.25) is 9.59 Å². The number of benzene rings is 2. The second-order valence-electron chi connectivity index (χ2n) is 6.26. The minimum absolute atomic E-state index is 0.0676. The predicted octanol–water partition coefficient (Wildman–Crippen LogP) is 4.48. The van der Waals surface area contributed by atoms with Crippen LogP contribution in [0.3, 0.4) is 0 Å². The summed E-state index contributed by atoms with van der Waals surface area (Å²) in [5, 5.41) is 1.64. The van der Waals surface area contributed by atoms with E-state index in [1.165, 1.54) is 0 Å². The molecule has 1 aliphatic carbocycles. The van der Waals surface area contributed by atoms with Gasteiger partial charge in [0, 0.05) is 11.1 Å². The quantitative estimate of drug-likeness (QED) is 0.779. The largest absolute Gasteiger partial charge is 0.482 e. The van der Waals surface area contributed by atoms with Crippen LogP contribution in [0.1, 0.15) is 41.5 Å². The van der Waals surface area contributed by atoms with Gasteiger partial charge < -0.3 is 4.74 Å². The molecule has 3 rings (SSSR count). The van der Waals surface area contributed by atoms with E-state index in [1.54, 1.807) is 32.9 Å². The summed E-state index contributed by atoms with van der Waals surface area (Å²) in [6.45, 7) is 5.41. The summed E-state index contributed by atoms with van der Waals surface area (Å²) in [4.78, 5) is 25.2. The summed E-state index contributed by atoms with van der Waals surface area (Å²) in [5.41, 5.74) is 0.0575. The van der Waals surface area contributed by atoms with Crippen LogP contribution in [0, 0.1) is 0 Å². The molecule has 1 aliphatic rings. The van der Waals surface area contributed by atoms with Crippen molar-refractivity contribution < 1.29 is 14.3 Å². The maximum absolute atomic E-state index is 12.7. The molecule has 0 spiro atoms. The summed E-state index contributed by atoms with van der Waals surface area (Å²) in [6.07, 6.45) is 0. The van der Waals surface area contributed by atoms with E-state index in [0.717, 1.165) is 10.8 Å². The second kappa shape index (κ2) is 4.96. The lowest BCUT2D eigenvalue weighted by Crippen LogP contribution is -2.28. The Labute approximate surface area is 133 Å². The Morgan fingerprint density at radius 2 is 1.41 bits per heavy atom. The molecule has 0 aliphatic heterocycles. The van der Waals surface area contributed by atoms with Crippen molar-refractivity contribution in [3.63, 3.8) is 0 Å². The van der Waals surface area contributed by atoms with E-state index in [9.17, 15) is 9.59 Å². The van der Waals surface area contributed by atoms with Gasteiger partial charge in [0.1, 0.15) is 10.6 Å². The molecular weight excluding hydrogens is 300 g/mol. The number of ketones is 2. The van der Waals surface area contributed by atoms with Crippen molar-refractivity contribution in [2.75, 3.05) is 0 Å². The molecule has 0 aromatic heterocycles. The minimum atomic E-state index is -0.611. The van der Waals surface area contributed by atoms with Gasteiger partial charge in [-0.2, -0.15) is 0 Å². The Hall–Kier alpha value is -2.13. The molecule has 0 N–H and O–H groups in total. The number of ether oxygens (including phenoxy) is 1. The number of rotatable bonds is 1. The Kier molecular flexibility index (Phi) is 3.33. The molecule has 112 valence electrons. The molecule has 0 saturated heterocycles. The Morgan fingerprint density at radius 3 is 1.91 bits per heavy atom. The molecule has 0 radical (unpaired) electrons. The van der Waals surface area contributed by atoms with E-state index in [2.05, 4.69) is 0 Å². The van der Waals surface area contributed by atoms with Crippen molar-refractivity contribution in [1.29, 1.82) is 0 Å². The summed E-state index contributed by atoms with van der Waals surface area (Å²) in [7, 11) is 0. The van der Waals surface area contributed by atoms with Crippen LogP contribution >= 0.6 is 11.6 Å². The highest BCUT2D eigenvalue weighted by atomic mass is 35.5. The zero-order valence-electron chi connectivity index (χ0n) is 12.6. The van der Waals surface area contributed by atoms with E-state index >= 15 is 0 Å². The molecular formula is C18H15ClO3. The Bertz CT molecular complexity index is 841. The molecule has 2 aromatic carbocycles. The van der Waals surface area contributed by atoms with Gasteiger partial charge in [0.25, 0.3) is 0 Å². The number of carbonyl (C=O) groups excluding carboxylic acids is 2. The highest BCUT2D eigenvalue weighted by Crippen LogP contribution is 2.33. The fraction of sp³-hybridized carbons (Fsp3) is 0.222. The molecule has 0 heterocycles. The van der Waals surface area contributed by atoms with Crippen molar-refractivity contribution >= 4 is 33.9 Å². The first kappa shape index (κ1) is 14.8. The summed E-state index contributed by atoms with van der Waals surface area (Å²) < 4.78 is 5.62. The first-order valence-electron chi connectivity index (χ1n) is 6.99. The molecule has 22 heavy (non-hydrogen) atoms. The van der Waals surface area contributed by atoms with E-state index in [0.29, 0.717) is 11.1 Å². The Balaban J connectivity index is 2.20. The topological polar surface area (TPSA) is 43.4 Å². The van der Waals surface area contributed by atoms with E-state index in [1.807, 2.05) is 24.3 Å². The lowest BCUT2D eigenvalue weighted by atomic mass is 9.90. The third-order valence-corrected chi connectivity index (χ3v) is 3.73. The van der Waals surface area contributed by atoms with Gasteiger partial charge in [-0.05, 0) is 43.7 Å². The van der Waals surface area contributed by atoms with Crippen molar-refractivity contribution in [2.24, 2.45) is 0 Å². The van der Waals surface area contributed by atoms with Crippen molar-refractivity contribution in [1.82, 2.24) is 0 Å². The predicted molar refractivity (Wildman–Crippen MR) is 86.3 cm³/mol. The number of halogens is 1. The number of fused-ring (bicyclic) bond motifs is 2. The number of hydrogen-bond donors (Lipinski definition) is 0. The average Bonchev–Trinajstić information content (AvgIpc) is 2.47. The van der Waals surface area contributed by atoms with Gasteiger partial charge in [-0.1, -0.05) is 35.9 Å². The monoisotopic (exact) mass is 314 g/mol. The first-order valence-corrected chi connectivity index (χ1v) is 7.37. The van der Waals surface area contributed by atoms with Crippen LogP contribution < -0.4 is 0 Å². The smallest absolute Gasteiger partial charge is 0.230 e. The highest BCUT2D eigenvalue weighted by Gasteiger charge is 2.35. The Morgan fingerprint density at radius 1 is 0.909 bits per heavy atom. The molecule has 0 amide bonds. The molecule has 2 aromatic rings. The maximum atomic E-state index is 12.7. The molecule has 0 saturated carbocycles. The lowest BCUT2D eigenvalue weighted by molar-refractivity contribution is 0.0415. The third kappa shape index (κ3) is 2.42. The lowest BCUT2D eigenvalue weighted by Gasteiger charge is -2.26. The van der Waals surface area contributed by atoms with Gasteiger partial charge in [-0.25, -0.2) is 0 Å². The van der Waals surface area contributed by atoms with Crippen LogP contribution in [0.15, 0.2) is 47.2 Å². The van der Waals surface area contributed by atoms with Crippen LogP contribution in [0.5, 0.6) is 0 Å². The number of Topliss-reactive ketones (excluding diaryl/α,β-unsaturated/α-hetero) is 2. The van der Waals surface area contributed by atoms with Crippen molar-refractivity contribution in [3.05, 3.63) is 58.3 Å². The summed E-state index contributed by atoms with van der Waals surface area (Å²) in [6, 6.07) is 11.0. The number of hydrogen-bond acceptors (Lipinski definition) is 3. The average molecular weight is 315 g/mol. The number of carbonyl (C=O) groups is 2. The molecule has 0 atom stereocenters. The van der Waals surface area contributed by atoms with Gasteiger partial charge in [-0.15, -0.1) is 0 Å². The first-order chi connectivity index (χ1) is 10.3. The van der Waals surface area contributed by atoms with Crippen LogP contribution in [0.4, 0.5) is 0 Å². The fourth-order valence-corrected chi connectivity index (χ4v) is 2.68. The van der Waals surface area contributed by atoms with Crippen molar-refractivity contribution in [3.8, 4) is 0 Å². The van der Waals surface area contributed by atoms with E-state index in [-0.39, 0.29) is 22.4 Å². The van der Waals surface area contributed by atoms with Crippen LogP contribution in [0.2, 0.25) is 0 Å². The molecule has 4 heteroatoms. The summed E-state index contributed by atoms with van der Waals surface area (Å²) in [5.74, 6) is -0.788. The van der Waals surface area contributed by atoms with Gasteiger partial charge in [0.05, 0.1) is 0 Å². The minimum Gasteiger partial charge on any atom is -0.482 e. The summed E-state index contributed by atoms with van der Waals surface area (Å²) >= 11 is 6.10. The molecule has 0 unspecified atom stereocenters. The zero-order valence-corrected chi connectivity index (χ0v) is 13.3. The normalized spacial score (nSPS) is 15.3. The van der Waals surface area contributed by atoms with E-state index in [4.69, 9.17) is 16.3 Å². The van der Waals surface area contributed by atoms with E-state index < -0.39 is 5.60 Å². The zero-order chi connectivity index (χ0) is 16.1. The van der Waals surface area contributed by atoms with Crippen LogP contribution in [0.25, 0.3) is 10.8 Å². The second-order valence-corrected chi connectivity index (χ2v) is 6.64. The SMILES string of the molecule is CC(C)(C)OC1=C(Cl)C(=O)c2cc3ccccc3cc2C1=O. The molecule has 3 nitrogen and oxygen atoms in total. The highest BCUT2D eigenvalue weighted by molar-refractivity contribution is 6.49. The third-order valence-electron chi connectivity index (χ3n) is 3.39. The van der Waals surface area contributed by atoms with Gasteiger partial charge in [0.15, 0.2) is 5.76 Å². The van der Waals surface area contributed by atoms with Crippen LogP contribution in [-0.4, -0.2) is 17.2 Å². The number of allylic oxidation sites excluding steroid dienone is 2. The molecule has 0 fully saturated rings. The van der Waals surface area contributed by atoms with Gasteiger partial charge >= 0.3 is 0 Å². The van der Waals surface area contributed by atoms with Crippen molar-refractivity contribution in [2.45, 2.75) is 26.4 Å². The van der Waals surface area contributed by atoms with Crippen LogP contribution in [-0.2, 0) is 4.74 Å². The maximum Gasteiger partial charge on any atom is 0.230 e. The standard InChI is InChI=1S/C18H15ClO3/c1-18(2,3)22-17-14(19)15(20)12-8-10-6-4-5-7-11(10)9-13(12)16(17)21/h4-9H,1-3H3. The molecule has 0 bridgehead atoms. The fourth-order valence-electron chi connectivity index (χ4n) is 2.46. The van der Waals surface area contributed by atoms with Gasteiger partial charge in [0.2, 0.25) is 11.6 Å².